The summed E-state index contributed by atoms with van der Waals surface area (Å²) >= 11 is 0. The highest BCUT2D eigenvalue weighted by atomic mass is 15.4. The largest absolute Gasteiger partial charge is 0.368 e. The Morgan fingerprint density at radius 2 is 2.06 bits per heavy atom. The van der Waals surface area contributed by atoms with Crippen molar-refractivity contribution in [3.63, 3.8) is 0 Å². The molecule has 0 bridgehead atoms. The van der Waals surface area contributed by atoms with Gasteiger partial charge in [0.1, 0.15) is 5.82 Å². The SMILES string of the molecule is CCCn1nncc1NCC(CC)(CC)CN. The lowest BCUT2D eigenvalue weighted by molar-refractivity contribution is 0.294. The molecule has 0 aromatic carbocycles. The average Bonchev–Trinajstić information content (AvgIpc) is 2.80. The first-order valence-corrected chi connectivity index (χ1v) is 6.53. The van der Waals surface area contributed by atoms with Crippen LogP contribution in [0.25, 0.3) is 0 Å². The Morgan fingerprint density at radius 1 is 1.35 bits per heavy atom. The number of aromatic nitrogens is 3. The first-order valence-electron chi connectivity index (χ1n) is 6.53. The van der Waals surface area contributed by atoms with Crippen LogP contribution < -0.4 is 11.1 Å². The van der Waals surface area contributed by atoms with Gasteiger partial charge in [0, 0.05) is 13.1 Å². The van der Waals surface area contributed by atoms with Crippen molar-refractivity contribution in [3.05, 3.63) is 6.20 Å². The Morgan fingerprint density at radius 3 is 2.59 bits per heavy atom. The Kier molecular flexibility index (Phi) is 5.41. The van der Waals surface area contributed by atoms with E-state index >= 15 is 0 Å². The Balaban J connectivity index is 2.62. The summed E-state index contributed by atoms with van der Waals surface area (Å²) in [5.74, 6) is 0.992. The van der Waals surface area contributed by atoms with Crippen LogP contribution in [0.3, 0.4) is 0 Å². The van der Waals surface area contributed by atoms with Crippen molar-refractivity contribution in [1.29, 1.82) is 0 Å². The summed E-state index contributed by atoms with van der Waals surface area (Å²) in [6, 6.07) is 0. The molecule has 0 aliphatic rings. The number of nitrogens with one attached hydrogen (secondary N) is 1. The van der Waals surface area contributed by atoms with Crippen LogP contribution >= 0.6 is 0 Å². The molecule has 98 valence electrons. The summed E-state index contributed by atoms with van der Waals surface area (Å²) in [4.78, 5) is 0. The van der Waals surface area contributed by atoms with Crippen LogP contribution in [-0.4, -0.2) is 28.1 Å². The van der Waals surface area contributed by atoms with Crippen LogP contribution in [0.2, 0.25) is 0 Å². The fraction of sp³-hybridized carbons (Fsp3) is 0.833. The molecule has 17 heavy (non-hydrogen) atoms. The molecule has 0 unspecified atom stereocenters. The maximum atomic E-state index is 5.89. The van der Waals surface area contributed by atoms with E-state index in [0.717, 1.165) is 38.2 Å². The first kappa shape index (κ1) is 14.0. The molecule has 5 nitrogen and oxygen atoms in total. The molecule has 3 N–H and O–H groups in total. The van der Waals surface area contributed by atoms with Crippen molar-refractivity contribution in [1.82, 2.24) is 15.0 Å². The van der Waals surface area contributed by atoms with Gasteiger partial charge in [0.05, 0.1) is 6.20 Å². The smallest absolute Gasteiger partial charge is 0.144 e. The van der Waals surface area contributed by atoms with Crippen molar-refractivity contribution in [2.75, 3.05) is 18.4 Å². The minimum absolute atomic E-state index is 0.182. The van der Waals surface area contributed by atoms with Gasteiger partial charge < -0.3 is 11.1 Å². The van der Waals surface area contributed by atoms with Crippen LogP contribution in [0.5, 0.6) is 0 Å². The van der Waals surface area contributed by atoms with E-state index in [1.54, 1.807) is 6.20 Å². The summed E-state index contributed by atoms with van der Waals surface area (Å²) in [7, 11) is 0. The number of aryl methyl sites for hydroxylation is 1. The molecule has 0 aliphatic heterocycles. The highest BCUT2D eigenvalue weighted by molar-refractivity contribution is 5.31. The number of rotatable bonds is 8. The molecule has 0 atom stereocenters. The molecule has 5 heteroatoms. The van der Waals surface area contributed by atoms with Crippen molar-refractivity contribution < 1.29 is 0 Å². The summed E-state index contributed by atoms with van der Waals surface area (Å²) in [5.41, 5.74) is 6.07. The van der Waals surface area contributed by atoms with Gasteiger partial charge in [-0.25, -0.2) is 4.68 Å². The molecule has 1 aromatic rings. The van der Waals surface area contributed by atoms with E-state index in [2.05, 4.69) is 36.4 Å². The Bertz CT molecular complexity index is 308. The van der Waals surface area contributed by atoms with Gasteiger partial charge in [0.15, 0.2) is 0 Å². The van der Waals surface area contributed by atoms with Gasteiger partial charge in [-0.1, -0.05) is 26.0 Å². The average molecular weight is 239 g/mol. The molecule has 1 rings (SSSR count). The minimum atomic E-state index is 0.182. The van der Waals surface area contributed by atoms with Crippen LogP contribution in [0, 0.1) is 5.41 Å². The summed E-state index contributed by atoms with van der Waals surface area (Å²) < 4.78 is 1.91. The quantitative estimate of drug-likeness (QED) is 0.726. The molecule has 0 amide bonds. The second-order valence-corrected chi connectivity index (χ2v) is 4.61. The Hall–Kier alpha value is -1.10. The number of nitrogens with two attached hydrogens (primary N) is 1. The van der Waals surface area contributed by atoms with Crippen LogP contribution in [0.1, 0.15) is 40.0 Å². The molecule has 0 saturated carbocycles. The van der Waals surface area contributed by atoms with E-state index in [0.29, 0.717) is 6.54 Å². The van der Waals surface area contributed by atoms with Crippen LogP contribution in [0.4, 0.5) is 5.82 Å². The summed E-state index contributed by atoms with van der Waals surface area (Å²) in [6.07, 6.45) is 5.01. The minimum Gasteiger partial charge on any atom is -0.368 e. The predicted octanol–water partition coefficient (Wildman–Crippen LogP) is 1.87. The molecule has 0 saturated heterocycles. The first-order chi connectivity index (χ1) is 8.21. The standard InChI is InChI=1S/C12H25N5/c1-4-7-17-11(8-15-16-17)14-10-12(5-2,6-3)9-13/h8,14H,4-7,9-10,13H2,1-3H3. The fourth-order valence-electron chi connectivity index (χ4n) is 1.91. The van der Waals surface area contributed by atoms with Crippen molar-refractivity contribution in [3.8, 4) is 0 Å². The zero-order chi connectivity index (χ0) is 12.7. The summed E-state index contributed by atoms with van der Waals surface area (Å²) in [6.45, 7) is 9.01. The fourth-order valence-corrected chi connectivity index (χ4v) is 1.91. The van der Waals surface area contributed by atoms with Crippen molar-refractivity contribution >= 4 is 5.82 Å². The van der Waals surface area contributed by atoms with Gasteiger partial charge in [-0.05, 0) is 31.2 Å². The number of nitrogens with zero attached hydrogens (tertiary/aromatic N) is 3. The van der Waals surface area contributed by atoms with E-state index in [4.69, 9.17) is 5.73 Å². The molecule has 1 aromatic heterocycles. The van der Waals surface area contributed by atoms with Crippen molar-refractivity contribution in [2.45, 2.75) is 46.6 Å². The third kappa shape index (κ3) is 3.43. The molecule has 1 heterocycles. The molecule has 0 aliphatic carbocycles. The second kappa shape index (κ2) is 6.59. The van der Waals surface area contributed by atoms with E-state index in [1.165, 1.54) is 0 Å². The highest BCUT2D eigenvalue weighted by Gasteiger charge is 2.24. The summed E-state index contributed by atoms with van der Waals surface area (Å²) in [5, 5.41) is 11.4. The third-order valence-electron chi connectivity index (χ3n) is 3.63. The monoisotopic (exact) mass is 239 g/mol. The number of anilines is 1. The van der Waals surface area contributed by atoms with Crippen LogP contribution in [0.15, 0.2) is 6.20 Å². The maximum absolute atomic E-state index is 5.89. The lowest BCUT2D eigenvalue weighted by Crippen LogP contribution is -2.36. The van der Waals surface area contributed by atoms with E-state index in [-0.39, 0.29) is 5.41 Å². The lowest BCUT2D eigenvalue weighted by atomic mass is 9.82. The highest BCUT2D eigenvalue weighted by Crippen LogP contribution is 2.25. The third-order valence-corrected chi connectivity index (χ3v) is 3.63. The Labute approximate surface area is 104 Å². The lowest BCUT2D eigenvalue weighted by Gasteiger charge is -2.30. The van der Waals surface area contributed by atoms with Gasteiger partial charge in [0.25, 0.3) is 0 Å². The molecule has 0 radical (unpaired) electrons. The van der Waals surface area contributed by atoms with Crippen LogP contribution in [-0.2, 0) is 6.54 Å². The van der Waals surface area contributed by atoms with Gasteiger partial charge in [-0.15, -0.1) is 5.10 Å². The second-order valence-electron chi connectivity index (χ2n) is 4.61. The van der Waals surface area contributed by atoms with E-state index in [1.807, 2.05) is 4.68 Å². The van der Waals surface area contributed by atoms with Gasteiger partial charge in [0.2, 0.25) is 0 Å². The van der Waals surface area contributed by atoms with Gasteiger partial charge in [-0.2, -0.15) is 0 Å². The molecular weight excluding hydrogens is 214 g/mol. The van der Waals surface area contributed by atoms with Gasteiger partial charge in [-0.3, -0.25) is 0 Å². The zero-order valence-electron chi connectivity index (χ0n) is 11.2. The number of hydrogen-bond donors (Lipinski definition) is 2. The van der Waals surface area contributed by atoms with Crippen molar-refractivity contribution in [2.24, 2.45) is 11.1 Å². The predicted molar refractivity (Wildman–Crippen MR) is 70.9 cm³/mol. The zero-order valence-corrected chi connectivity index (χ0v) is 11.2. The topological polar surface area (TPSA) is 68.8 Å². The molecular formula is C12H25N5. The van der Waals surface area contributed by atoms with E-state index < -0.39 is 0 Å². The normalized spacial score (nSPS) is 11.8. The number of hydrogen-bond acceptors (Lipinski definition) is 4. The molecule has 0 fully saturated rings. The molecule has 0 spiro atoms. The maximum Gasteiger partial charge on any atom is 0.144 e. The van der Waals surface area contributed by atoms with Gasteiger partial charge >= 0.3 is 0 Å². The van der Waals surface area contributed by atoms with E-state index in [9.17, 15) is 0 Å².